The fourth-order valence-electron chi connectivity index (χ4n) is 5.10. The average molecular weight is 358 g/mol. The lowest BCUT2D eigenvalue weighted by Gasteiger charge is -2.44. The first kappa shape index (κ1) is 17.6. The molecule has 0 unspecified atom stereocenters. The Morgan fingerprint density at radius 2 is 1.81 bits per heavy atom. The monoisotopic (exact) mass is 358 g/mol. The highest BCUT2D eigenvalue weighted by Gasteiger charge is 2.36. The molecule has 142 valence electrons. The molecule has 1 aromatic rings. The lowest BCUT2D eigenvalue weighted by atomic mass is 9.78. The van der Waals surface area contributed by atoms with E-state index in [4.69, 9.17) is 4.74 Å². The van der Waals surface area contributed by atoms with E-state index in [-0.39, 0.29) is 18.5 Å². The highest BCUT2D eigenvalue weighted by Crippen LogP contribution is 2.38. The van der Waals surface area contributed by atoms with Gasteiger partial charge in [-0.05, 0) is 64.4 Å². The van der Waals surface area contributed by atoms with Gasteiger partial charge in [-0.3, -0.25) is 4.79 Å². The third-order valence-corrected chi connectivity index (χ3v) is 6.51. The van der Waals surface area contributed by atoms with E-state index in [1.165, 1.54) is 38.5 Å². The minimum atomic E-state index is -0.365. The number of esters is 1. The fourth-order valence-corrected chi connectivity index (χ4v) is 5.10. The van der Waals surface area contributed by atoms with E-state index in [2.05, 4.69) is 4.57 Å². The number of ether oxygens (including phenoxy) is 1. The standard InChI is InChI=1S/C21H30N2O3/c1-14-12-18(15(2)23(14)17-9-10-17)21(25)26-13-20(24)22-11-5-7-16-6-3-4-8-19(16)22/h12,16-17,19H,3-11,13H2,1-2H3/t16-,19-/m1/s1. The van der Waals surface area contributed by atoms with Gasteiger partial charge in [0.15, 0.2) is 6.61 Å². The van der Waals surface area contributed by atoms with Gasteiger partial charge in [0.05, 0.1) is 5.56 Å². The molecule has 5 heteroatoms. The first-order valence-electron chi connectivity index (χ1n) is 10.2. The van der Waals surface area contributed by atoms with E-state index in [0.29, 0.717) is 23.6 Å². The SMILES string of the molecule is Cc1cc(C(=O)OCC(=O)N2CCC[C@H]3CCCC[C@H]32)c(C)n1C1CC1. The molecule has 4 rings (SSSR count). The second kappa shape index (κ2) is 7.09. The molecular formula is C21H30N2O3. The van der Waals surface area contributed by atoms with Crippen LogP contribution in [0.3, 0.4) is 0 Å². The maximum Gasteiger partial charge on any atom is 0.340 e. The summed E-state index contributed by atoms with van der Waals surface area (Å²) in [5, 5.41) is 0. The molecule has 1 amide bonds. The quantitative estimate of drug-likeness (QED) is 0.770. The maximum absolute atomic E-state index is 12.7. The number of aromatic nitrogens is 1. The van der Waals surface area contributed by atoms with Crippen LogP contribution in [0.5, 0.6) is 0 Å². The van der Waals surface area contributed by atoms with Gasteiger partial charge >= 0.3 is 5.97 Å². The Kier molecular flexibility index (Phi) is 4.80. The molecule has 1 aromatic heterocycles. The smallest absolute Gasteiger partial charge is 0.340 e. The predicted molar refractivity (Wildman–Crippen MR) is 99.2 cm³/mol. The molecule has 5 nitrogen and oxygen atoms in total. The number of amides is 1. The number of piperidine rings is 1. The summed E-state index contributed by atoms with van der Waals surface area (Å²) >= 11 is 0. The van der Waals surface area contributed by atoms with Crippen LogP contribution in [0.25, 0.3) is 0 Å². The van der Waals surface area contributed by atoms with Crippen molar-refractivity contribution in [3.05, 3.63) is 23.0 Å². The second-order valence-corrected chi connectivity index (χ2v) is 8.30. The van der Waals surface area contributed by atoms with Crippen LogP contribution >= 0.6 is 0 Å². The fraction of sp³-hybridized carbons (Fsp3) is 0.714. The Labute approximate surface area is 155 Å². The van der Waals surface area contributed by atoms with Crippen LogP contribution in [-0.4, -0.2) is 40.5 Å². The number of fused-ring (bicyclic) bond motifs is 1. The number of likely N-dealkylation sites (tertiary alicyclic amines) is 1. The van der Waals surface area contributed by atoms with E-state index in [1.807, 2.05) is 24.8 Å². The van der Waals surface area contributed by atoms with E-state index in [9.17, 15) is 9.59 Å². The van der Waals surface area contributed by atoms with Crippen molar-refractivity contribution in [1.82, 2.24) is 9.47 Å². The van der Waals surface area contributed by atoms with Crippen molar-refractivity contribution in [2.24, 2.45) is 5.92 Å². The van der Waals surface area contributed by atoms with Gasteiger partial charge in [0.1, 0.15) is 0 Å². The van der Waals surface area contributed by atoms with E-state index >= 15 is 0 Å². The van der Waals surface area contributed by atoms with Crippen molar-refractivity contribution >= 4 is 11.9 Å². The number of hydrogen-bond acceptors (Lipinski definition) is 3. The Balaban J connectivity index is 1.38. The van der Waals surface area contributed by atoms with Gasteiger partial charge in [-0.2, -0.15) is 0 Å². The number of carbonyl (C=O) groups is 2. The minimum Gasteiger partial charge on any atom is -0.452 e. The highest BCUT2D eigenvalue weighted by atomic mass is 16.5. The Hall–Kier alpha value is -1.78. The van der Waals surface area contributed by atoms with Crippen molar-refractivity contribution in [2.75, 3.05) is 13.2 Å². The molecule has 26 heavy (non-hydrogen) atoms. The molecule has 3 fully saturated rings. The summed E-state index contributed by atoms with van der Waals surface area (Å²) in [4.78, 5) is 27.2. The number of nitrogens with zero attached hydrogens (tertiary/aromatic N) is 2. The van der Waals surface area contributed by atoms with Crippen LogP contribution in [0.4, 0.5) is 0 Å². The van der Waals surface area contributed by atoms with Crippen LogP contribution in [0.1, 0.15) is 79.2 Å². The van der Waals surface area contributed by atoms with Gasteiger partial charge < -0.3 is 14.2 Å². The molecule has 2 saturated carbocycles. The molecule has 0 aromatic carbocycles. The number of rotatable bonds is 4. The maximum atomic E-state index is 12.7. The van der Waals surface area contributed by atoms with Crippen molar-refractivity contribution in [3.63, 3.8) is 0 Å². The topological polar surface area (TPSA) is 51.5 Å². The van der Waals surface area contributed by atoms with Crippen molar-refractivity contribution in [2.45, 2.75) is 77.3 Å². The summed E-state index contributed by atoms with van der Waals surface area (Å²) in [5.74, 6) is 0.260. The van der Waals surface area contributed by atoms with E-state index in [0.717, 1.165) is 30.8 Å². The first-order valence-corrected chi connectivity index (χ1v) is 10.2. The largest absolute Gasteiger partial charge is 0.452 e. The third-order valence-electron chi connectivity index (χ3n) is 6.51. The van der Waals surface area contributed by atoms with Gasteiger partial charge in [0, 0.05) is 30.0 Å². The summed E-state index contributed by atoms with van der Waals surface area (Å²) in [6.07, 6.45) is 9.51. The van der Waals surface area contributed by atoms with Crippen LogP contribution < -0.4 is 0 Å². The number of hydrogen-bond donors (Lipinski definition) is 0. The average Bonchev–Trinajstić information content (AvgIpc) is 3.43. The van der Waals surface area contributed by atoms with Gasteiger partial charge in [0.2, 0.25) is 0 Å². The van der Waals surface area contributed by atoms with Crippen LogP contribution in [0, 0.1) is 19.8 Å². The van der Waals surface area contributed by atoms with Crippen LogP contribution in [-0.2, 0) is 9.53 Å². The van der Waals surface area contributed by atoms with E-state index in [1.54, 1.807) is 0 Å². The zero-order valence-electron chi connectivity index (χ0n) is 16.0. The number of carbonyl (C=O) groups excluding carboxylic acids is 2. The highest BCUT2D eigenvalue weighted by molar-refractivity contribution is 5.92. The van der Waals surface area contributed by atoms with Gasteiger partial charge in [-0.1, -0.05) is 12.8 Å². The Morgan fingerprint density at radius 3 is 2.58 bits per heavy atom. The summed E-state index contributed by atoms with van der Waals surface area (Å²) < 4.78 is 7.66. The lowest BCUT2D eigenvalue weighted by Crippen LogP contribution is -2.50. The summed E-state index contributed by atoms with van der Waals surface area (Å²) in [6, 6.07) is 2.80. The first-order chi connectivity index (χ1) is 12.6. The lowest BCUT2D eigenvalue weighted by molar-refractivity contribution is -0.140. The van der Waals surface area contributed by atoms with E-state index < -0.39 is 0 Å². The molecule has 0 bridgehead atoms. The normalized spacial score (nSPS) is 25.7. The Bertz CT molecular complexity index is 702. The molecule has 2 atom stereocenters. The molecule has 1 saturated heterocycles. The van der Waals surface area contributed by atoms with Crippen molar-refractivity contribution in [1.29, 1.82) is 0 Å². The van der Waals surface area contributed by atoms with Crippen molar-refractivity contribution in [3.8, 4) is 0 Å². The molecule has 2 aliphatic carbocycles. The predicted octanol–water partition coefficient (Wildman–Crippen LogP) is 3.78. The molecule has 0 spiro atoms. The van der Waals surface area contributed by atoms with Gasteiger partial charge in [0.25, 0.3) is 5.91 Å². The van der Waals surface area contributed by atoms with Gasteiger partial charge in [-0.15, -0.1) is 0 Å². The zero-order valence-corrected chi connectivity index (χ0v) is 16.0. The second-order valence-electron chi connectivity index (χ2n) is 8.30. The minimum absolute atomic E-state index is 0.0223. The van der Waals surface area contributed by atoms with Crippen LogP contribution in [0.15, 0.2) is 6.07 Å². The molecule has 1 aliphatic heterocycles. The summed E-state index contributed by atoms with van der Waals surface area (Å²) in [7, 11) is 0. The summed E-state index contributed by atoms with van der Waals surface area (Å²) in [5.41, 5.74) is 2.67. The van der Waals surface area contributed by atoms with Gasteiger partial charge in [-0.25, -0.2) is 4.79 Å². The zero-order chi connectivity index (χ0) is 18.3. The third kappa shape index (κ3) is 3.28. The Morgan fingerprint density at radius 1 is 1.08 bits per heavy atom. The summed E-state index contributed by atoms with van der Waals surface area (Å²) in [6.45, 7) is 4.69. The molecular weight excluding hydrogens is 328 g/mol. The molecule has 0 radical (unpaired) electrons. The number of aryl methyl sites for hydroxylation is 1. The molecule has 0 N–H and O–H groups in total. The molecule has 3 aliphatic rings. The van der Waals surface area contributed by atoms with Crippen molar-refractivity contribution < 1.29 is 14.3 Å². The molecule has 2 heterocycles. The van der Waals surface area contributed by atoms with Crippen LogP contribution in [0.2, 0.25) is 0 Å².